The van der Waals surface area contributed by atoms with Crippen molar-refractivity contribution in [3.63, 3.8) is 0 Å². The van der Waals surface area contributed by atoms with Gasteiger partial charge in [0.15, 0.2) is 0 Å². The zero-order valence-electron chi connectivity index (χ0n) is 12.9. The molecule has 0 bridgehead atoms. The van der Waals surface area contributed by atoms with Gasteiger partial charge in [-0.3, -0.25) is 4.79 Å². The van der Waals surface area contributed by atoms with Gasteiger partial charge in [-0.15, -0.1) is 0 Å². The Morgan fingerprint density at radius 1 is 0.792 bits per heavy atom. The summed E-state index contributed by atoms with van der Waals surface area (Å²) in [6.45, 7) is 0. The molecule has 0 unspecified atom stereocenters. The molecule has 116 valence electrons. The van der Waals surface area contributed by atoms with Crippen molar-refractivity contribution in [2.24, 2.45) is 5.73 Å². The van der Waals surface area contributed by atoms with Crippen molar-refractivity contribution in [3.8, 4) is 0 Å². The van der Waals surface area contributed by atoms with Gasteiger partial charge in [0.1, 0.15) is 0 Å². The second kappa shape index (κ2) is 5.66. The molecule has 0 atom stereocenters. The number of nitrogens with one attached hydrogen (secondary N) is 1. The first-order valence-electron chi connectivity index (χ1n) is 7.67. The summed E-state index contributed by atoms with van der Waals surface area (Å²) in [4.78, 5) is 15.9. The summed E-state index contributed by atoms with van der Waals surface area (Å²) in [5, 5.41) is 5.57. The van der Waals surface area contributed by atoms with E-state index in [9.17, 15) is 4.79 Å². The molecule has 0 aliphatic heterocycles. The van der Waals surface area contributed by atoms with Gasteiger partial charge in [-0.05, 0) is 36.4 Å². The molecule has 0 aliphatic rings. The summed E-state index contributed by atoms with van der Waals surface area (Å²) in [6.07, 6.45) is 0. The van der Waals surface area contributed by atoms with Gasteiger partial charge in [0.2, 0.25) is 5.91 Å². The Hall–Kier alpha value is -3.40. The number of anilines is 2. The molecule has 0 spiro atoms. The van der Waals surface area contributed by atoms with E-state index in [-0.39, 0.29) is 0 Å². The number of hydrogen-bond donors (Lipinski definition) is 2. The molecule has 0 saturated carbocycles. The third-order valence-corrected chi connectivity index (χ3v) is 4.03. The van der Waals surface area contributed by atoms with E-state index in [0.29, 0.717) is 5.56 Å². The zero-order valence-corrected chi connectivity index (χ0v) is 12.9. The van der Waals surface area contributed by atoms with Crippen LogP contribution in [0.15, 0.2) is 72.8 Å². The lowest BCUT2D eigenvalue weighted by atomic mass is 10.1. The number of hydrogen-bond acceptors (Lipinski definition) is 3. The summed E-state index contributed by atoms with van der Waals surface area (Å²) >= 11 is 0. The third-order valence-electron chi connectivity index (χ3n) is 4.03. The number of amides is 1. The average molecular weight is 313 g/mol. The third kappa shape index (κ3) is 2.44. The number of para-hydroxylation sites is 2. The SMILES string of the molecule is NC(=O)c1ccc(Nc2c3ccccc3nc3ccccc23)cc1. The lowest BCUT2D eigenvalue weighted by molar-refractivity contribution is 0.100. The van der Waals surface area contributed by atoms with Gasteiger partial charge >= 0.3 is 0 Å². The van der Waals surface area contributed by atoms with E-state index in [0.717, 1.165) is 33.2 Å². The first kappa shape index (κ1) is 14.2. The molecule has 1 amide bonds. The van der Waals surface area contributed by atoms with Crippen LogP contribution in [0.1, 0.15) is 10.4 Å². The highest BCUT2D eigenvalue weighted by Crippen LogP contribution is 2.32. The highest BCUT2D eigenvalue weighted by Gasteiger charge is 2.09. The second-order valence-corrected chi connectivity index (χ2v) is 5.59. The Kier molecular flexibility index (Phi) is 3.35. The van der Waals surface area contributed by atoms with Crippen molar-refractivity contribution in [2.75, 3.05) is 5.32 Å². The minimum atomic E-state index is -0.429. The minimum Gasteiger partial charge on any atom is -0.366 e. The molecule has 3 N–H and O–H groups in total. The maximum absolute atomic E-state index is 11.2. The minimum absolute atomic E-state index is 0.429. The molecule has 0 radical (unpaired) electrons. The van der Waals surface area contributed by atoms with E-state index in [1.54, 1.807) is 12.1 Å². The summed E-state index contributed by atoms with van der Waals surface area (Å²) in [7, 11) is 0. The molecule has 1 aromatic heterocycles. The van der Waals surface area contributed by atoms with Crippen LogP contribution in [0.4, 0.5) is 11.4 Å². The van der Waals surface area contributed by atoms with Gasteiger partial charge in [0.05, 0.1) is 16.7 Å². The number of primary amides is 1. The van der Waals surface area contributed by atoms with E-state index in [2.05, 4.69) is 17.4 Å². The molecule has 0 aliphatic carbocycles. The molecule has 24 heavy (non-hydrogen) atoms. The van der Waals surface area contributed by atoms with Gasteiger partial charge in [-0.1, -0.05) is 36.4 Å². The summed E-state index contributed by atoms with van der Waals surface area (Å²) < 4.78 is 0. The van der Waals surface area contributed by atoms with E-state index in [4.69, 9.17) is 10.7 Å². The van der Waals surface area contributed by atoms with Crippen LogP contribution in [-0.2, 0) is 0 Å². The summed E-state index contributed by atoms with van der Waals surface area (Å²) in [6, 6.07) is 23.2. The van der Waals surface area contributed by atoms with Gasteiger partial charge < -0.3 is 11.1 Å². The predicted octanol–water partition coefficient (Wildman–Crippen LogP) is 4.23. The predicted molar refractivity (Wildman–Crippen MR) is 97.5 cm³/mol. The maximum atomic E-state index is 11.2. The molecular weight excluding hydrogens is 298 g/mol. The van der Waals surface area contributed by atoms with Crippen molar-refractivity contribution in [1.29, 1.82) is 0 Å². The Morgan fingerprint density at radius 2 is 1.33 bits per heavy atom. The van der Waals surface area contributed by atoms with Crippen molar-refractivity contribution in [2.45, 2.75) is 0 Å². The largest absolute Gasteiger partial charge is 0.366 e. The quantitative estimate of drug-likeness (QED) is 0.556. The highest BCUT2D eigenvalue weighted by atomic mass is 16.1. The first-order valence-corrected chi connectivity index (χ1v) is 7.67. The van der Waals surface area contributed by atoms with Crippen LogP contribution in [0.25, 0.3) is 21.8 Å². The monoisotopic (exact) mass is 313 g/mol. The fourth-order valence-electron chi connectivity index (χ4n) is 2.84. The first-order chi connectivity index (χ1) is 11.7. The Balaban J connectivity index is 1.88. The van der Waals surface area contributed by atoms with Crippen LogP contribution in [0.5, 0.6) is 0 Å². The van der Waals surface area contributed by atoms with Crippen molar-refractivity contribution < 1.29 is 4.79 Å². The molecule has 0 saturated heterocycles. The molecule has 1 heterocycles. The molecular formula is C20H15N3O. The molecule has 4 aromatic rings. The number of carbonyl (C=O) groups is 1. The number of nitrogens with two attached hydrogens (primary N) is 1. The van der Waals surface area contributed by atoms with Gasteiger partial charge in [0.25, 0.3) is 0 Å². The van der Waals surface area contributed by atoms with Crippen LogP contribution >= 0.6 is 0 Å². The smallest absolute Gasteiger partial charge is 0.248 e. The highest BCUT2D eigenvalue weighted by molar-refractivity contribution is 6.08. The van der Waals surface area contributed by atoms with E-state index < -0.39 is 5.91 Å². The van der Waals surface area contributed by atoms with Gasteiger partial charge in [-0.25, -0.2) is 4.98 Å². The number of pyridine rings is 1. The number of rotatable bonds is 3. The maximum Gasteiger partial charge on any atom is 0.248 e. The average Bonchev–Trinajstić information content (AvgIpc) is 2.62. The molecule has 0 fully saturated rings. The molecule has 4 heteroatoms. The Morgan fingerprint density at radius 3 is 1.88 bits per heavy atom. The fraction of sp³-hybridized carbons (Fsp3) is 0. The number of nitrogens with zero attached hydrogens (tertiary/aromatic N) is 1. The van der Waals surface area contributed by atoms with E-state index >= 15 is 0 Å². The standard InChI is InChI=1S/C20H15N3O/c21-20(24)13-9-11-14(12-10-13)22-19-15-5-1-3-7-17(15)23-18-8-4-2-6-16(18)19/h1-12H,(H2,21,24)(H,22,23). The lowest BCUT2D eigenvalue weighted by Crippen LogP contribution is -2.10. The zero-order chi connectivity index (χ0) is 16.5. The van der Waals surface area contributed by atoms with E-state index in [1.807, 2.05) is 48.5 Å². The molecule has 4 rings (SSSR count). The summed E-state index contributed by atoms with van der Waals surface area (Å²) in [5.41, 5.74) is 9.56. The topological polar surface area (TPSA) is 68.0 Å². The second-order valence-electron chi connectivity index (χ2n) is 5.59. The summed E-state index contributed by atoms with van der Waals surface area (Å²) in [5.74, 6) is -0.429. The number of aromatic nitrogens is 1. The van der Waals surface area contributed by atoms with Gasteiger partial charge in [-0.2, -0.15) is 0 Å². The Labute approximate surface area is 138 Å². The number of fused-ring (bicyclic) bond motifs is 2. The van der Waals surface area contributed by atoms with Crippen molar-refractivity contribution >= 4 is 39.1 Å². The van der Waals surface area contributed by atoms with Crippen LogP contribution in [-0.4, -0.2) is 10.9 Å². The van der Waals surface area contributed by atoms with Crippen LogP contribution in [0.2, 0.25) is 0 Å². The van der Waals surface area contributed by atoms with Crippen LogP contribution < -0.4 is 11.1 Å². The number of benzene rings is 3. The number of carbonyl (C=O) groups excluding carboxylic acids is 1. The van der Waals surface area contributed by atoms with E-state index in [1.165, 1.54) is 0 Å². The van der Waals surface area contributed by atoms with Crippen molar-refractivity contribution in [3.05, 3.63) is 78.4 Å². The lowest BCUT2D eigenvalue weighted by Gasteiger charge is -2.13. The van der Waals surface area contributed by atoms with Crippen molar-refractivity contribution in [1.82, 2.24) is 4.98 Å². The van der Waals surface area contributed by atoms with Gasteiger partial charge in [0, 0.05) is 22.0 Å². The fourth-order valence-corrected chi connectivity index (χ4v) is 2.84. The van der Waals surface area contributed by atoms with Crippen LogP contribution in [0.3, 0.4) is 0 Å². The molecule has 3 aromatic carbocycles. The normalized spacial score (nSPS) is 10.8. The van der Waals surface area contributed by atoms with Crippen LogP contribution in [0, 0.1) is 0 Å². The molecule has 4 nitrogen and oxygen atoms in total. The Bertz CT molecular complexity index is 1000.